The van der Waals surface area contributed by atoms with E-state index in [0.717, 1.165) is 35.3 Å². The number of benzene rings is 3. The molecule has 0 heterocycles. The summed E-state index contributed by atoms with van der Waals surface area (Å²) in [5, 5.41) is 0. The van der Waals surface area contributed by atoms with Gasteiger partial charge in [0.2, 0.25) is 0 Å². The first-order chi connectivity index (χ1) is 12.7. The Kier molecular flexibility index (Phi) is 6.16. The van der Waals surface area contributed by atoms with Crippen molar-refractivity contribution in [3.8, 4) is 0 Å². The summed E-state index contributed by atoms with van der Waals surface area (Å²) >= 11 is 0. The summed E-state index contributed by atoms with van der Waals surface area (Å²) < 4.78 is 0. The van der Waals surface area contributed by atoms with Crippen molar-refractivity contribution < 1.29 is 0 Å². The molecule has 130 valence electrons. The van der Waals surface area contributed by atoms with Crippen LogP contribution < -0.4 is 0 Å². The topological polar surface area (TPSA) is 12.4 Å². The Morgan fingerprint density at radius 1 is 0.769 bits per heavy atom. The molecule has 0 aliphatic heterocycles. The van der Waals surface area contributed by atoms with Crippen molar-refractivity contribution in [1.29, 1.82) is 0 Å². The molecule has 1 atom stereocenters. The summed E-state index contributed by atoms with van der Waals surface area (Å²) in [6, 6.07) is 31.6. The highest BCUT2D eigenvalue weighted by molar-refractivity contribution is 6.12. The molecule has 0 saturated heterocycles. The van der Waals surface area contributed by atoms with E-state index in [1.54, 1.807) is 0 Å². The van der Waals surface area contributed by atoms with Gasteiger partial charge < -0.3 is 0 Å². The zero-order chi connectivity index (χ0) is 18.2. The highest BCUT2D eigenvalue weighted by atomic mass is 14.8. The van der Waals surface area contributed by atoms with Gasteiger partial charge in [-0.3, -0.25) is 4.99 Å². The third-order valence-corrected chi connectivity index (χ3v) is 4.30. The summed E-state index contributed by atoms with van der Waals surface area (Å²) in [7, 11) is 0. The maximum absolute atomic E-state index is 5.21. The molecule has 0 spiro atoms. The van der Waals surface area contributed by atoms with Gasteiger partial charge in [-0.25, -0.2) is 0 Å². The number of nitrogens with zero attached hydrogens (tertiary/aromatic N) is 1. The van der Waals surface area contributed by atoms with Crippen molar-refractivity contribution in [3.05, 3.63) is 120 Å². The van der Waals surface area contributed by atoms with E-state index in [0.29, 0.717) is 0 Å². The standard InChI is InChI=1S/C25H25N/c1-20(2)18-24(19-21-12-6-3-7-13-21)26-25(22-14-8-4-9-15-22)23-16-10-5-11-17-23/h3-17,24H,1,18-19H2,2H3. The second-order valence-electron chi connectivity index (χ2n) is 6.71. The Hall–Kier alpha value is -2.93. The van der Waals surface area contributed by atoms with Crippen LogP contribution in [0.2, 0.25) is 0 Å². The fraction of sp³-hybridized carbons (Fsp3) is 0.160. The number of aliphatic imine (C=N–C) groups is 1. The molecule has 0 radical (unpaired) electrons. The average Bonchev–Trinajstić information content (AvgIpc) is 2.68. The minimum absolute atomic E-state index is 0.172. The van der Waals surface area contributed by atoms with Crippen molar-refractivity contribution in [2.24, 2.45) is 4.99 Å². The van der Waals surface area contributed by atoms with Crippen molar-refractivity contribution in [1.82, 2.24) is 0 Å². The molecule has 0 bridgehead atoms. The van der Waals surface area contributed by atoms with E-state index in [-0.39, 0.29) is 6.04 Å². The van der Waals surface area contributed by atoms with Crippen LogP contribution in [0.4, 0.5) is 0 Å². The molecular weight excluding hydrogens is 314 g/mol. The molecular formula is C25H25N. The van der Waals surface area contributed by atoms with Crippen LogP contribution >= 0.6 is 0 Å². The lowest BCUT2D eigenvalue weighted by atomic mass is 9.98. The molecule has 0 aliphatic carbocycles. The summed E-state index contributed by atoms with van der Waals surface area (Å²) in [5.74, 6) is 0. The van der Waals surface area contributed by atoms with Gasteiger partial charge in [-0.2, -0.15) is 0 Å². The Morgan fingerprint density at radius 2 is 1.23 bits per heavy atom. The Labute approximate surface area is 156 Å². The number of hydrogen-bond acceptors (Lipinski definition) is 1. The van der Waals surface area contributed by atoms with Crippen LogP contribution in [0.25, 0.3) is 0 Å². The number of hydrogen-bond donors (Lipinski definition) is 0. The third-order valence-electron chi connectivity index (χ3n) is 4.30. The van der Waals surface area contributed by atoms with Gasteiger partial charge in [0.1, 0.15) is 0 Å². The van der Waals surface area contributed by atoms with Crippen LogP contribution in [0, 0.1) is 0 Å². The molecule has 1 unspecified atom stereocenters. The molecule has 3 aromatic rings. The van der Waals surface area contributed by atoms with Crippen LogP contribution in [0.5, 0.6) is 0 Å². The maximum Gasteiger partial charge on any atom is 0.0722 e. The van der Waals surface area contributed by atoms with Crippen LogP contribution in [-0.4, -0.2) is 11.8 Å². The van der Waals surface area contributed by atoms with Crippen molar-refractivity contribution in [2.75, 3.05) is 0 Å². The fourth-order valence-electron chi connectivity index (χ4n) is 3.14. The minimum atomic E-state index is 0.172. The largest absolute Gasteiger partial charge is 0.280 e. The Balaban J connectivity index is 2.00. The fourth-order valence-corrected chi connectivity index (χ4v) is 3.14. The molecule has 0 fully saturated rings. The van der Waals surface area contributed by atoms with Crippen LogP contribution in [-0.2, 0) is 6.42 Å². The first kappa shape index (κ1) is 17.9. The maximum atomic E-state index is 5.21. The van der Waals surface area contributed by atoms with E-state index in [4.69, 9.17) is 4.99 Å². The van der Waals surface area contributed by atoms with E-state index in [1.807, 2.05) is 12.1 Å². The quantitative estimate of drug-likeness (QED) is 0.364. The van der Waals surface area contributed by atoms with Gasteiger partial charge in [-0.15, -0.1) is 6.58 Å². The van der Waals surface area contributed by atoms with E-state index in [2.05, 4.69) is 92.4 Å². The van der Waals surface area contributed by atoms with Crippen molar-refractivity contribution in [2.45, 2.75) is 25.8 Å². The van der Waals surface area contributed by atoms with Gasteiger partial charge in [0, 0.05) is 11.1 Å². The molecule has 26 heavy (non-hydrogen) atoms. The van der Waals surface area contributed by atoms with Gasteiger partial charge in [0.05, 0.1) is 11.8 Å². The van der Waals surface area contributed by atoms with Crippen LogP contribution in [0.3, 0.4) is 0 Å². The summed E-state index contributed by atoms with van der Waals surface area (Å²) in [6.07, 6.45) is 1.80. The zero-order valence-corrected chi connectivity index (χ0v) is 15.3. The first-order valence-corrected chi connectivity index (χ1v) is 9.09. The van der Waals surface area contributed by atoms with Crippen LogP contribution in [0.15, 0.2) is 108 Å². The van der Waals surface area contributed by atoms with Crippen molar-refractivity contribution in [3.63, 3.8) is 0 Å². The highest BCUT2D eigenvalue weighted by Gasteiger charge is 2.13. The second-order valence-corrected chi connectivity index (χ2v) is 6.71. The third kappa shape index (κ3) is 5.03. The van der Waals surface area contributed by atoms with Gasteiger partial charge in [0.15, 0.2) is 0 Å². The SMILES string of the molecule is C=C(C)CC(Cc1ccccc1)N=C(c1ccccc1)c1ccccc1. The molecule has 0 amide bonds. The molecule has 0 saturated carbocycles. The lowest BCUT2D eigenvalue weighted by Crippen LogP contribution is -2.14. The van der Waals surface area contributed by atoms with Crippen molar-refractivity contribution >= 4 is 5.71 Å². The lowest BCUT2D eigenvalue weighted by molar-refractivity contribution is 0.665. The molecule has 3 rings (SSSR count). The molecule has 3 aromatic carbocycles. The Morgan fingerprint density at radius 3 is 1.69 bits per heavy atom. The summed E-state index contributed by atoms with van der Waals surface area (Å²) in [5.41, 5.74) is 5.82. The average molecular weight is 339 g/mol. The predicted octanol–water partition coefficient (Wildman–Crippen LogP) is 6.10. The molecule has 1 heteroatoms. The molecule has 0 aliphatic rings. The molecule has 1 nitrogen and oxygen atoms in total. The van der Waals surface area contributed by atoms with Crippen LogP contribution in [0.1, 0.15) is 30.0 Å². The van der Waals surface area contributed by atoms with E-state index >= 15 is 0 Å². The van der Waals surface area contributed by atoms with E-state index in [9.17, 15) is 0 Å². The Bertz CT molecular complexity index is 807. The molecule has 0 aromatic heterocycles. The first-order valence-electron chi connectivity index (χ1n) is 9.09. The van der Waals surface area contributed by atoms with Gasteiger partial charge in [0.25, 0.3) is 0 Å². The molecule has 0 N–H and O–H groups in total. The number of rotatable bonds is 7. The summed E-state index contributed by atoms with van der Waals surface area (Å²) in [4.78, 5) is 5.21. The highest BCUT2D eigenvalue weighted by Crippen LogP contribution is 2.18. The van der Waals surface area contributed by atoms with Gasteiger partial charge in [-0.1, -0.05) is 96.6 Å². The minimum Gasteiger partial charge on any atom is -0.280 e. The zero-order valence-electron chi connectivity index (χ0n) is 15.3. The smallest absolute Gasteiger partial charge is 0.0722 e. The van der Waals surface area contributed by atoms with E-state index < -0.39 is 0 Å². The lowest BCUT2D eigenvalue weighted by Gasteiger charge is -2.16. The summed E-state index contributed by atoms with van der Waals surface area (Å²) in [6.45, 7) is 6.20. The predicted molar refractivity (Wildman–Crippen MR) is 112 cm³/mol. The van der Waals surface area contributed by atoms with Gasteiger partial charge in [-0.05, 0) is 25.3 Å². The van der Waals surface area contributed by atoms with Gasteiger partial charge >= 0.3 is 0 Å². The second kappa shape index (κ2) is 8.96. The van der Waals surface area contributed by atoms with E-state index in [1.165, 1.54) is 5.56 Å². The normalized spacial score (nSPS) is 11.6. The monoisotopic (exact) mass is 339 g/mol.